The molecule has 2 amide bonds. The van der Waals surface area contributed by atoms with Gasteiger partial charge < -0.3 is 5.11 Å². The number of imide groups is 1. The maximum Gasteiger partial charge on any atom is 0.229 e. The van der Waals surface area contributed by atoms with Crippen molar-refractivity contribution in [2.24, 2.45) is 0 Å². The molecule has 26 heavy (non-hydrogen) atoms. The second kappa shape index (κ2) is 16.3. The van der Waals surface area contributed by atoms with Crippen LogP contribution >= 0.6 is 0 Å². The summed E-state index contributed by atoms with van der Waals surface area (Å²) in [6.45, 7) is 0.986. The van der Waals surface area contributed by atoms with E-state index in [0.29, 0.717) is 26.0 Å². The van der Waals surface area contributed by atoms with Gasteiger partial charge in [-0.05, 0) is 12.8 Å². The summed E-state index contributed by atoms with van der Waals surface area (Å²) in [6, 6.07) is 0. The van der Waals surface area contributed by atoms with Crippen molar-refractivity contribution in [3.05, 3.63) is 0 Å². The Labute approximate surface area is 160 Å². The number of carbonyl (C=O) groups is 2. The minimum Gasteiger partial charge on any atom is -0.396 e. The summed E-state index contributed by atoms with van der Waals surface area (Å²) in [5.41, 5.74) is 0. The van der Waals surface area contributed by atoms with Crippen molar-refractivity contribution in [3.63, 3.8) is 0 Å². The molecule has 0 aromatic heterocycles. The van der Waals surface area contributed by atoms with Gasteiger partial charge in [0.2, 0.25) is 11.8 Å². The Balaban J connectivity index is 1.72. The van der Waals surface area contributed by atoms with Gasteiger partial charge >= 0.3 is 0 Å². The quantitative estimate of drug-likeness (QED) is 0.262. The van der Waals surface area contributed by atoms with Gasteiger partial charge in [0.1, 0.15) is 0 Å². The fraction of sp³-hybridized carbons (Fsp3) is 0.909. The molecular weight excluding hydrogens is 326 g/mol. The summed E-state index contributed by atoms with van der Waals surface area (Å²) in [6.07, 6.45) is 21.2. The van der Waals surface area contributed by atoms with Gasteiger partial charge in [-0.3, -0.25) is 14.5 Å². The van der Waals surface area contributed by atoms with Gasteiger partial charge in [0.25, 0.3) is 0 Å². The molecule has 1 fully saturated rings. The van der Waals surface area contributed by atoms with Gasteiger partial charge in [0.05, 0.1) is 0 Å². The molecule has 0 aromatic carbocycles. The number of unbranched alkanes of at least 4 members (excludes halogenated alkanes) is 15. The third-order valence-corrected chi connectivity index (χ3v) is 5.44. The number of hydrogen-bond donors (Lipinski definition) is 1. The topological polar surface area (TPSA) is 57.6 Å². The van der Waals surface area contributed by atoms with E-state index in [1.807, 2.05) is 0 Å². The third kappa shape index (κ3) is 11.7. The molecule has 0 spiro atoms. The van der Waals surface area contributed by atoms with Crippen LogP contribution in [0.4, 0.5) is 0 Å². The predicted octanol–water partition coefficient (Wildman–Crippen LogP) is 5.37. The number of carbonyl (C=O) groups excluding carboxylic acids is 2. The highest BCUT2D eigenvalue weighted by Gasteiger charge is 2.27. The lowest BCUT2D eigenvalue weighted by Gasteiger charge is -2.13. The summed E-state index contributed by atoms with van der Waals surface area (Å²) >= 11 is 0. The Morgan fingerprint density at radius 2 is 0.846 bits per heavy atom. The summed E-state index contributed by atoms with van der Waals surface area (Å²) < 4.78 is 0. The van der Waals surface area contributed by atoms with E-state index in [4.69, 9.17) is 5.11 Å². The molecule has 0 aromatic rings. The second-order valence-electron chi connectivity index (χ2n) is 7.82. The number of aliphatic hydroxyl groups is 1. The lowest BCUT2D eigenvalue weighted by Crippen LogP contribution is -2.29. The molecule has 0 atom stereocenters. The minimum atomic E-state index is 0.0247. The Kier molecular flexibility index (Phi) is 14.5. The van der Waals surface area contributed by atoms with Crippen LogP contribution in [0.3, 0.4) is 0 Å². The van der Waals surface area contributed by atoms with Crippen LogP contribution in [0.2, 0.25) is 0 Å². The maximum absolute atomic E-state index is 11.5. The van der Waals surface area contributed by atoms with Crippen LogP contribution in [-0.2, 0) is 9.59 Å². The summed E-state index contributed by atoms with van der Waals surface area (Å²) in [7, 11) is 0. The molecule has 0 saturated carbocycles. The first-order valence-electron chi connectivity index (χ1n) is 11.2. The first-order valence-corrected chi connectivity index (χ1v) is 11.2. The van der Waals surface area contributed by atoms with E-state index in [1.54, 1.807) is 0 Å². The van der Waals surface area contributed by atoms with Gasteiger partial charge in [-0.15, -0.1) is 0 Å². The molecule has 0 radical (unpaired) electrons. The van der Waals surface area contributed by atoms with Gasteiger partial charge in [-0.1, -0.05) is 89.9 Å². The molecule has 4 heteroatoms. The highest BCUT2D eigenvalue weighted by atomic mass is 16.3. The lowest BCUT2D eigenvalue weighted by molar-refractivity contribution is -0.138. The molecule has 0 unspecified atom stereocenters. The van der Waals surface area contributed by atoms with Crippen molar-refractivity contribution in [2.75, 3.05) is 13.2 Å². The van der Waals surface area contributed by atoms with Crippen LogP contribution in [0.25, 0.3) is 0 Å². The molecule has 1 aliphatic heterocycles. The maximum atomic E-state index is 11.5. The highest BCUT2D eigenvalue weighted by molar-refractivity contribution is 6.01. The number of hydrogen-bond acceptors (Lipinski definition) is 3. The largest absolute Gasteiger partial charge is 0.396 e. The number of likely N-dealkylation sites (tertiary alicyclic amines) is 1. The van der Waals surface area contributed by atoms with E-state index < -0.39 is 0 Å². The number of aliphatic hydroxyl groups excluding tert-OH is 1. The van der Waals surface area contributed by atoms with E-state index in [0.717, 1.165) is 19.3 Å². The van der Waals surface area contributed by atoms with E-state index in [9.17, 15) is 9.59 Å². The van der Waals surface area contributed by atoms with Crippen LogP contribution in [-0.4, -0.2) is 35.0 Å². The molecule has 1 heterocycles. The molecule has 1 rings (SSSR count). The Morgan fingerprint density at radius 1 is 0.538 bits per heavy atom. The van der Waals surface area contributed by atoms with Gasteiger partial charge in [-0.2, -0.15) is 0 Å². The average molecular weight is 368 g/mol. The van der Waals surface area contributed by atoms with Crippen molar-refractivity contribution in [3.8, 4) is 0 Å². The lowest BCUT2D eigenvalue weighted by atomic mass is 10.0. The second-order valence-corrected chi connectivity index (χ2v) is 7.82. The molecule has 1 saturated heterocycles. The van der Waals surface area contributed by atoms with Crippen molar-refractivity contribution < 1.29 is 14.7 Å². The Morgan fingerprint density at radius 3 is 1.19 bits per heavy atom. The van der Waals surface area contributed by atoms with Crippen LogP contribution < -0.4 is 0 Å². The first-order chi connectivity index (χ1) is 12.8. The molecule has 0 bridgehead atoms. The predicted molar refractivity (Wildman–Crippen MR) is 107 cm³/mol. The van der Waals surface area contributed by atoms with Crippen molar-refractivity contribution in [1.29, 1.82) is 0 Å². The third-order valence-electron chi connectivity index (χ3n) is 5.44. The average Bonchev–Trinajstić information content (AvgIpc) is 2.96. The summed E-state index contributed by atoms with van der Waals surface area (Å²) in [5, 5.41) is 8.72. The number of rotatable bonds is 18. The van der Waals surface area contributed by atoms with Crippen LogP contribution in [0.1, 0.15) is 116 Å². The fourth-order valence-corrected chi connectivity index (χ4v) is 3.73. The molecule has 0 aliphatic carbocycles. The molecular formula is C22H41NO3. The van der Waals surface area contributed by atoms with E-state index in [-0.39, 0.29) is 11.8 Å². The number of amides is 2. The first kappa shape index (κ1) is 23.1. The van der Waals surface area contributed by atoms with Crippen molar-refractivity contribution in [1.82, 2.24) is 4.90 Å². The number of nitrogens with zero attached hydrogens (tertiary/aromatic N) is 1. The van der Waals surface area contributed by atoms with Gasteiger partial charge in [0.15, 0.2) is 0 Å². The molecule has 152 valence electrons. The van der Waals surface area contributed by atoms with Crippen LogP contribution in [0.15, 0.2) is 0 Å². The van der Waals surface area contributed by atoms with Crippen LogP contribution in [0.5, 0.6) is 0 Å². The normalized spacial score (nSPS) is 14.6. The van der Waals surface area contributed by atoms with E-state index >= 15 is 0 Å². The molecule has 4 nitrogen and oxygen atoms in total. The van der Waals surface area contributed by atoms with E-state index in [1.165, 1.54) is 88.4 Å². The zero-order chi connectivity index (χ0) is 18.9. The monoisotopic (exact) mass is 367 g/mol. The Bertz CT molecular complexity index is 354. The SMILES string of the molecule is O=C1CCC(=O)N1CCCCCCCCCCCCCCCCCCO. The fourth-order valence-electron chi connectivity index (χ4n) is 3.73. The van der Waals surface area contributed by atoms with Gasteiger partial charge in [-0.25, -0.2) is 0 Å². The Hall–Kier alpha value is -0.900. The molecule has 1 aliphatic rings. The van der Waals surface area contributed by atoms with Crippen LogP contribution in [0, 0.1) is 0 Å². The summed E-state index contributed by atoms with van der Waals surface area (Å²) in [4.78, 5) is 24.4. The standard InChI is InChI=1S/C22H41NO3/c24-20-16-14-12-10-8-6-4-2-1-3-5-7-9-11-13-15-19-23-21(25)17-18-22(23)26/h24H,1-20H2. The smallest absolute Gasteiger partial charge is 0.229 e. The van der Waals surface area contributed by atoms with Crippen molar-refractivity contribution in [2.45, 2.75) is 116 Å². The van der Waals surface area contributed by atoms with Gasteiger partial charge in [0, 0.05) is 26.0 Å². The zero-order valence-electron chi connectivity index (χ0n) is 16.9. The minimum absolute atomic E-state index is 0.0247. The molecule has 1 N–H and O–H groups in total. The van der Waals surface area contributed by atoms with Crippen molar-refractivity contribution >= 4 is 11.8 Å². The zero-order valence-corrected chi connectivity index (χ0v) is 16.9. The summed E-state index contributed by atoms with van der Waals surface area (Å²) in [5.74, 6) is 0.0494. The van der Waals surface area contributed by atoms with E-state index in [2.05, 4.69) is 0 Å². The highest BCUT2D eigenvalue weighted by Crippen LogP contribution is 2.15.